The Kier molecular flexibility index (Phi) is 12.7. The van der Waals surface area contributed by atoms with Gasteiger partial charge in [-0.05, 0) is 54.5 Å². The molecule has 0 radical (unpaired) electrons. The van der Waals surface area contributed by atoms with Crippen molar-refractivity contribution < 1.29 is 9.53 Å². The van der Waals surface area contributed by atoms with Crippen molar-refractivity contribution >= 4 is 5.97 Å². The second-order valence-corrected chi connectivity index (χ2v) is 9.23. The van der Waals surface area contributed by atoms with E-state index in [-0.39, 0.29) is 0 Å². The van der Waals surface area contributed by atoms with Crippen LogP contribution in [0.15, 0.2) is 42.6 Å². The van der Waals surface area contributed by atoms with Crippen molar-refractivity contribution in [2.24, 2.45) is 5.92 Å². The normalized spacial score (nSPS) is 12.0. The van der Waals surface area contributed by atoms with Crippen molar-refractivity contribution in [3.05, 3.63) is 59.4 Å². The highest BCUT2D eigenvalue weighted by atomic mass is 16.5. The summed E-state index contributed by atoms with van der Waals surface area (Å²) in [6, 6.07) is 11.6. The predicted molar refractivity (Wildman–Crippen MR) is 134 cm³/mol. The van der Waals surface area contributed by atoms with Crippen molar-refractivity contribution in [2.75, 3.05) is 0 Å². The van der Waals surface area contributed by atoms with E-state index in [9.17, 15) is 4.79 Å². The van der Waals surface area contributed by atoms with Crippen LogP contribution < -0.4 is 4.74 Å². The molecule has 0 aliphatic carbocycles. The van der Waals surface area contributed by atoms with Gasteiger partial charge in [0.2, 0.25) is 0 Å². The first-order chi connectivity index (χ1) is 15.6. The summed E-state index contributed by atoms with van der Waals surface area (Å²) in [6.45, 7) is 6.72. The second kappa shape index (κ2) is 15.6. The minimum absolute atomic E-state index is 0.362. The maximum absolute atomic E-state index is 12.4. The fraction of sp³-hybridized carbons (Fsp3) is 0.586. The van der Waals surface area contributed by atoms with Gasteiger partial charge in [-0.2, -0.15) is 0 Å². The Hall–Kier alpha value is -2.16. The van der Waals surface area contributed by atoms with Gasteiger partial charge in [-0.1, -0.05) is 103 Å². The topological polar surface area (TPSA) is 39.2 Å². The third-order valence-electron chi connectivity index (χ3n) is 6.27. The van der Waals surface area contributed by atoms with Crippen LogP contribution in [-0.2, 0) is 12.8 Å². The minimum Gasteiger partial charge on any atom is -0.422 e. The maximum Gasteiger partial charge on any atom is 0.362 e. The Morgan fingerprint density at radius 3 is 1.97 bits per heavy atom. The Morgan fingerprint density at radius 1 is 0.812 bits per heavy atom. The van der Waals surface area contributed by atoms with Gasteiger partial charge in [0.15, 0.2) is 0 Å². The second-order valence-electron chi connectivity index (χ2n) is 9.23. The van der Waals surface area contributed by atoms with E-state index in [0.29, 0.717) is 17.4 Å². The molecule has 0 unspecified atom stereocenters. The van der Waals surface area contributed by atoms with Crippen LogP contribution >= 0.6 is 0 Å². The summed E-state index contributed by atoms with van der Waals surface area (Å²) in [6.07, 6.45) is 18.5. The average molecular weight is 438 g/mol. The zero-order valence-electron chi connectivity index (χ0n) is 20.6. The van der Waals surface area contributed by atoms with Crippen molar-refractivity contribution in [3.8, 4) is 5.75 Å². The summed E-state index contributed by atoms with van der Waals surface area (Å²) < 4.78 is 5.49. The number of ether oxygens (including phenoxy) is 1. The quantitative estimate of drug-likeness (QED) is 0.150. The van der Waals surface area contributed by atoms with Crippen LogP contribution in [0.3, 0.4) is 0 Å². The van der Waals surface area contributed by atoms with Gasteiger partial charge in [0, 0.05) is 6.20 Å². The molecule has 0 spiro atoms. The van der Waals surface area contributed by atoms with Crippen LogP contribution in [0, 0.1) is 5.92 Å². The largest absolute Gasteiger partial charge is 0.422 e. The molecule has 2 aromatic rings. The standard InChI is InChI=1S/C29H43NO2/c1-4-6-7-8-9-10-11-12-13-14-15-26-18-21-28(30-23-26)29(31)32-27-19-16-25(17-20-27)22-24(3)5-2/h16-21,23-24H,4-15,22H2,1-3H3/t24-/m0/s1. The van der Waals surface area contributed by atoms with Gasteiger partial charge in [0.25, 0.3) is 0 Å². The number of aromatic nitrogens is 1. The highest BCUT2D eigenvalue weighted by Crippen LogP contribution is 2.18. The molecule has 2 rings (SSSR count). The number of pyridine rings is 1. The Labute approximate surface area is 196 Å². The number of nitrogens with zero attached hydrogens (tertiary/aromatic N) is 1. The molecule has 0 amide bonds. The fourth-order valence-corrected chi connectivity index (χ4v) is 3.91. The predicted octanol–water partition coefficient (Wildman–Crippen LogP) is 8.35. The SMILES string of the molecule is CCCCCCCCCCCCc1ccc(C(=O)Oc2ccc(C[C@@H](C)CC)cc2)nc1. The van der Waals surface area contributed by atoms with Gasteiger partial charge >= 0.3 is 5.97 Å². The summed E-state index contributed by atoms with van der Waals surface area (Å²) in [5.41, 5.74) is 2.82. The number of carbonyl (C=O) groups excluding carboxylic acids is 1. The van der Waals surface area contributed by atoms with Crippen LogP contribution in [-0.4, -0.2) is 11.0 Å². The Bertz CT molecular complexity index is 752. The van der Waals surface area contributed by atoms with Crippen LogP contribution in [0.25, 0.3) is 0 Å². The van der Waals surface area contributed by atoms with E-state index >= 15 is 0 Å². The summed E-state index contributed by atoms with van der Waals surface area (Å²) in [7, 11) is 0. The van der Waals surface area contributed by atoms with Crippen molar-refractivity contribution in [2.45, 2.75) is 104 Å². The molecule has 1 aromatic carbocycles. The highest BCUT2D eigenvalue weighted by molar-refractivity contribution is 5.88. The third-order valence-corrected chi connectivity index (χ3v) is 6.27. The monoisotopic (exact) mass is 437 g/mol. The van der Waals surface area contributed by atoms with Gasteiger partial charge < -0.3 is 4.74 Å². The first-order valence-corrected chi connectivity index (χ1v) is 12.9. The van der Waals surface area contributed by atoms with E-state index < -0.39 is 5.97 Å². The first kappa shape index (κ1) is 26.1. The first-order valence-electron chi connectivity index (χ1n) is 12.9. The molecule has 1 aromatic heterocycles. The third kappa shape index (κ3) is 10.4. The lowest BCUT2D eigenvalue weighted by Crippen LogP contribution is -2.10. The van der Waals surface area contributed by atoms with Gasteiger partial charge in [-0.3, -0.25) is 0 Å². The molecule has 0 fully saturated rings. The molecular formula is C29H43NO2. The van der Waals surface area contributed by atoms with Crippen LogP contribution in [0.5, 0.6) is 5.75 Å². The Balaban J connectivity index is 1.64. The van der Waals surface area contributed by atoms with Crippen LogP contribution in [0.1, 0.15) is 113 Å². The van der Waals surface area contributed by atoms with E-state index in [1.807, 2.05) is 36.5 Å². The van der Waals surface area contributed by atoms with Gasteiger partial charge in [-0.15, -0.1) is 0 Å². The lowest BCUT2D eigenvalue weighted by Gasteiger charge is -2.09. The molecule has 3 nitrogen and oxygen atoms in total. The number of rotatable bonds is 16. The van der Waals surface area contributed by atoms with Crippen molar-refractivity contribution in [1.29, 1.82) is 0 Å². The molecule has 0 aliphatic rings. The van der Waals surface area contributed by atoms with Crippen molar-refractivity contribution in [3.63, 3.8) is 0 Å². The number of unbranched alkanes of at least 4 members (excludes halogenated alkanes) is 9. The molecule has 3 heteroatoms. The lowest BCUT2D eigenvalue weighted by atomic mass is 9.99. The fourth-order valence-electron chi connectivity index (χ4n) is 3.91. The van der Waals surface area contributed by atoms with E-state index in [4.69, 9.17) is 4.74 Å². The molecule has 176 valence electrons. The molecule has 0 N–H and O–H groups in total. The van der Waals surface area contributed by atoms with E-state index in [1.54, 1.807) is 6.07 Å². The summed E-state index contributed by atoms with van der Waals surface area (Å²) in [4.78, 5) is 16.7. The molecular weight excluding hydrogens is 394 g/mol. The number of carbonyl (C=O) groups is 1. The number of aryl methyl sites for hydroxylation is 1. The van der Waals surface area contributed by atoms with Crippen molar-refractivity contribution in [1.82, 2.24) is 4.98 Å². The molecule has 1 atom stereocenters. The molecule has 0 saturated heterocycles. The Morgan fingerprint density at radius 2 is 1.41 bits per heavy atom. The minimum atomic E-state index is -0.398. The molecule has 1 heterocycles. The average Bonchev–Trinajstić information content (AvgIpc) is 2.81. The van der Waals surface area contributed by atoms with Crippen LogP contribution in [0.4, 0.5) is 0 Å². The molecule has 32 heavy (non-hydrogen) atoms. The van der Waals surface area contributed by atoms with Crippen LogP contribution in [0.2, 0.25) is 0 Å². The zero-order chi connectivity index (χ0) is 23.0. The maximum atomic E-state index is 12.4. The molecule has 0 saturated carbocycles. The number of benzene rings is 1. The van der Waals surface area contributed by atoms with Gasteiger partial charge in [0.05, 0.1) is 0 Å². The van der Waals surface area contributed by atoms with E-state index in [2.05, 4.69) is 25.8 Å². The van der Waals surface area contributed by atoms with E-state index in [1.165, 1.54) is 75.3 Å². The zero-order valence-corrected chi connectivity index (χ0v) is 20.6. The summed E-state index contributed by atoms with van der Waals surface area (Å²) in [5, 5.41) is 0. The molecule has 0 bridgehead atoms. The molecule has 0 aliphatic heterocycles. The summed E-state index contributed by atoms with van der Waals surface area (Å²) >= 11 is 0. The smallest absolute Gasteiger partial charge is 0.362 e. The van der Waals surface area contributed by atoms with Gasteiger partial charge in [-0.25, -0.2) is 9.78 Å². The lowest BCUT2D eigenvalue weighted by molar-refractivity contribution is 0.0728. The summed E-state index contributed by atoms with van der Waals surface area (Å²) in [5.74, 6) is 0.829. The number of hydrogen-bond donors (Lipinski definition) is 0. The number of hydrogen-bond acceptors (Lipinski definition) is 3. The highest BCUT2D eigenvalue weighted by Gasteiger charge is 2.10. The van der Waals surface area contributed by atoms with E-state index in [0.717, 1.165) is 19.3 Å². The number of esters is 1. The van der Waals surface area contributed by atoms with Gasteiger partial charge in [0.1, 0.15) is 11.4 Å².